The molecule has 11 heteroatoms. The van der Waals surface area contributed by atoms with Crippen molar-refractivity contribution in [2.24, 2.45) is 5.14 Å². The molecule has 1 heterocycles. The molecule has 0 unspecified atom stereocenters. The molecule has 0 bridgehead atoms. The molecule has 0 aliphatic rings. The van der Waals surface area contributed by atoms with Crippen molar-refractivity contribution in [3.05, 3.63) is 70.2 Å². The summed E-state index contributed by atoms with van der Waals surface area (Å²) in [5.74, 6) is 0.612. The summed E-state index contributed by atoms with van der Waals surface area (Å²) < 4.78 is 23.1. The van der Waals surface area contributed by atoms with E-state index in [9.17, 15) is 18.5 Å². The number of nitro groups is 1. The van der Waals surface area contributed by atoms with Crippen molar-refractivity contribution in [2.45, 2.75) is 25.2 Å². The van der Waals surface area contributed by atoms with E-state index in [1.54, 1.807) is 12.1 Å². The number of nitrogens with two attached hydrogens (primary N) is 1. The maximum Gasteiger partial charge on any atom is 0.294 e. The largest absolute Gasteiger partial charge is 0.350 e. The van der Waals surface area contributed by atoms with Crippen LogP contribution in [0.4, 0.5) is 28.6 Å². The number of benzene rings is 2. The standard InChI is InChI=1S/C19H20N6O4S/c1-3-13-4-5-14(23-19-8-12(2)21-11-22-19)9-17(13)24-16-7-6-15(30(20,28)29)10-18(16)25(26)27/h4-11,24H,3H2,1-2H3,(H2,20,28,29)(H,21,22,23). The van der Waals surface area contributed by atoms with Gasteiger partial charge in [0.25, 0.3) is 5.69 Å². The number of aryl methyl sites for hydroxylation is 2. The lowest BCUT2D eigenvalue weighted by Gasteiger charge is -2.14. The fraction of sp³-hybridized carbons (Fsp3) is 0.158. The van der Waals surface area contributed by atoms with E-state index in [-0.39, 0.29) is 10.6 Å². The van der Waals surface area contributed by atoms with Gasteiger partial charge in [-0.1, -0.05) is 13.0 Å². The van der Waals surface area contributed by atoms with Gasteiger partial charge in [0.2, 0.25) is 10.0 Å². The van der Waals surface area contributed by atoms with Crippen molar-refractivity contribution in [2.75, 3.05) is 10.6 Å². The van der Waals surface area contributed by atoms with Crippen LogP contribution >= 0.6 is 0 Å². The number of hydrogen-bond donors (Lipinski definition) is 3. The lowest BCUT2D eigenvalue weighted by molar-refractivity contribution is -0.384. The minimum atomic E-state index is -4.06. The molecule has 0 amide bonds. The third-order valence-electron chi connectivity index (χ3n) is 4.33. The number of nitrogens with one attached hydrogen (secondary N) is 2. The van der Waals surface area contributed by atoms with E-state index in [0.717, 1.165) is 23.0 Å². The van der Waals surface area contributed by atoms with Gasteiger partial charge in [-0.25, -0.2) is 23.5 Å². The summed E-state index contributed by atoms with van der Waals surface area (Å²) in [6, 6.07) is 10.8. The maximum atomic E-state index is 11.5. The van der Waals surface area contributed by atoms with Gasteiger partial charge in [0.05, 0.1) is 9.82 Å². The molecule has 0 saturated carbocycles. The predicted octanol–water partition coefficient (Wildman–Crippen LogP) is 3.39. The summed E-state index contributed by atoms with van der Waals surface area (Å²) in [6.07, 6.45) is 2.13. The van der Waals surface area contributed by atoms with Crippen molar-refractivity contribution in [1.29, 1.82) is 0 Å². The Morgan fingerprint density at radius 2 is 1.83 bits per heavy atom. The number of nitro benzene ring substituents is 1. The second kappa shape index (κ2) is 8.43. The van der Waals surface area contributed by atoms with E-state index in [4.69, 9.17) is 5.14 Å². The fourth-order valence-corrected chi connectivity index (χ4v) is 3.37. The van der Waals surface area contributed by atoms with Crippen LogP contribution in [-0.2, 0) is 16.4 Å². The molecule has 3 aromatic rings. The highest BCUT2D eigenvalue weighted by Gasteiger charge is 2.20. The van der Waals surface area contributed by atoms with Crippen LogP contribution < -0.4 is 15.8 Å². The quantitative estimate of drug-likeness (QED) is 0.382. The molecule has 10 nitrogen and oxygen atoms in total. The van der Waals surface area contributed by atoms with Crippen LogP contribution in [0, 0.1) is 17.0 Å². The van der Waals surface area contributed by atoms with Gasteiger partial charge in [0.15, 0.2) is 0 Å². The van der Waals surface area contributed by atoms with Gasteiger partial charge in [-0.2, -0.15) is 0 Å². The number of nitrogens with zero attached hydrogens (tertiary/aromatic N) is 3. The van der Waals surface area contributed by atoms with Crippen molar-refractivity contribution in [3.8, 4) is 0 Å². The summed E-state index contributed by atoms with van der Waals surface area (Å²) in [5.41, 5.74) is 2.84. The number of primary sulfonamides is 1. The zero-order valence-electron chi connectivity index (χ0n) is 16.3. The molecule has 0 spiro atoms. The molecule has 0 saturated heterocycles. The van der Waals surface area contributed by atoms with E-state index >= 15 is 0 Å². The molecule has 0 fully saturated rings. The topological polar surface area (TPSA) is 153 Å². The van der Waals surface area contributed by atoms with Crippen molar-refractivity contribution in [1.82, 2.24) is 9.97 Å². The molecule has 1 aromatic heterocycles. The molecule has 30 heavy (non-hydrogen) atoms. The van der Waals surface area contributed by atoms with E-state index in [1.807, 2.05) is 26.0 Å². The lowest BCUT2D eigenvalue weighted by Crippen LogP contribution is -2.12. The van der Waals surface area contributed by atoms with Crippen LogP contribution in [-0.4, -0.2) is 23.3 Å². The number of sulfonamides is 1. The Kier molecular flexibility index (Phi) is 5.94. The van der Waals surface area contributed by atoms with Gasteiger partial charge in [-0.15, -0.1) is 0 Å². The first kappa shape index (κ1) is 21.1. The number of rotatable bonds is 7. The zero-order chi connectivity index (χ0) is 21.9. The Balaban J connectivity index is 1.98. The average Bonchev–Trinajstić information content (AvgIpc) is 2.67. The minimum Gasteiger partial charge on any atom is -0.350 e. The predicted molar refractivity (Wildman–Crippen MR) is 114 cm³/mol. The lowest BCUT2D eigenvalue weighted by atomic mass is 10.1. The molecule has 0 atom stereocenters. The van der Waals surface area contributed by atoms with Crippen molar-refractivity contribution >= 4 is 38.6 Å². The molecule has 0 radical (unpaired) electrons. The van der Waals surface area contributed by atoms with Gasteiger partial charge in [0.1, 0.15) is 17.8 Å². The molecule has 2 aromatic carbocycles. The van der Waals surface area contributed by atoms with Gasteiger partial charge in [0, 0.05) is 29.2 Å². The summed E-state index contributed by atoms with van der Waals surface area (Å²) in [6.45, 7) is 3.81. The number of anilines is 4. The Labute approximate surface area is 173 Å². The van der Waals surface area contributed by atoms with Crippen LogP contribution in [0.1, 0.15) is 18.2 Å². The van der Waals surface area contributed by atoms with E-state index in [2.05, 4.69) is 20.6 Å². The van der Waals surface area contributed by atoms with Crippen molar-refractivity contribution < 1.29 is 13.3 Å². The van der Waals surface area contributed by atoms with Crippen LogP contribution in [0.3, 0.4) is 0 Å². The third kappa shape index (κ3) is 4.88. The second-order valence-electron chi connectivity index (χ2n) is 6.50. The van der Waals surface area contributed by atoms with Crippen LogP contribution in [0.25, 0.3) is 0 Å². The first-order chi connectivity index (χ1) is 14.2. The number of aromatic nitrogens is 2. The molecule has 156 valence electrons. The first-order valence-electron chi connectivity index (χ1n) is 8.94. The second-order valence-corrected chi connectivity index (χ2v) is 8.06. The normalized spacial score (nSPS) is 11.2. The Morgan fingerprint density at radius 1 is 1.07 bits per heavy atom. The SMILES string of the molecule is CCc1ccc(Nc2cc(C)ncn2)cc1Nc1ccc(S(N)(=O)=O)cc1[N+](=O)[O-]. The molecule has 3 rings (SSSR count). The van der Waals surface area contributed by atoms with Gasteiger partial charge in [-0.3, -0.25) is 10.1 Å². The molecule has 0 aliphatic carbocycles. The monoisotopic (exact) mass is 428 g/mol. The Hall–Kier alpha value is -3.57. The summed E-state index contributed by atoms with van der Waals surface area (Å²) >= 11 is 0. The number of hydrogen-bond acceptors (Lipinski definition) is 8. The Bertz CT molecular complexity index is 1210. The molecule has 4 N–H and O–H groups in total. The average molecular weight is 428 g/mol. The highest BCUT2D eigenvalue weighted by molar-refractivity contribution is 7.89. The first-order valence-corrected chi connectivity index (χ1v) is 10.5. The van der Waals surface area contributed by atoms with Gasteiger partial charge >= 0.3 is 0 Å². The summed E-state index contributed by atoms with van der Waals surface area (Å²) in [4.78, 5) is 18.7. The smallest absolute Gasteiger partial charge is 0.294 e. The molecule has 0 aliphatic heterocycles. The maximum absolute atomic E-state index is 11.5. The van der Waals surface area contributed by atoms with E-state index < -0.39 is 20.6 Å². The van der Waals surface area contributed by atoms with E-state index in [1.165, 1.54) is 18.5 Å². The van der Waals surface area contributed by atoms with Crippen LogP contribution in [0.5, 0.6) is 0 Å². The molecular weight excluding hydrogens is 408 g/mol. The summed E-state index contributed by atoms with van der Waals surface area (Å²) in [7, 11) is -4.06. The fourth-order valence-electron chi connectivity index (χ4n) is 2.84. The zero-order valence-corrected chi connectivity index (χ0v) is 17.1. The highest BCUT2D eigenvalue weighted by atomic mass is 32.2. The van der Waals surface area contributed by atoms with Gasteiger partial charge in [-0.05, 0) is 43.2 Å². The minimum absolute atomic E-state index is 0.150. The third-order valence-corrected chi connectivity index (χ3v) is 5.24. The highest BCUT2D eigenvalue weighted by Crippen LogP contribution is 2.33. The van der Waals surface area contributed by atoms with Gasteiger partial charge < -0.3 is 10.6 Å². The van der Waals surface area contributed by atoms with E-state index in [0.29, 0.717) is 17.9 Å². The Morgan fingerprint density at radius 3 is 2.47 bits per heavy atom. The van der Waals surface area contributed by atoms with Crippen molar-refractivity contribution in [3.63, 3.8) is 0 Å². The summed E-state index contributed by atoms with van der Waals surface area (Å²) in [5, 5.41) is 22.8. The van der Waals surface area contributed by atoms with Crippen LogP contribution in [0.2, 0.25) is 0 Å². The van der Waals surface area contributed by atoms with Crippen LogP contribution in [0.15, 0.2) is 53.7 Å². The molecular formula is C19H20N6O4S.